The number of fused-ring (bicyclic) bond motifs is 1. The monoisotopic (exact) mass is 442 g/mol. The minimum atomic E-state index is -0.765. The fourth-order valence-electron chi connectivity index (χ4n) is 5.27. The molecule has 174 valence electrons. The molecule has 0 bridgehead atoms. The van der Waals surface area contributed by atoms with Crippen LogP contribution in [0.25, 0.3) is 11.1 Å². The zero-order chi connectivity index (χ0) is 22.5. The van der Waals surface area contributed by atoms with E-state index in [-0.39, 0.29) is 6.29 Å². The average Bonchev–Trinajstić information content (AvgIpc) is 2.82. The topological polar surface area (TPSA) is 18.5 Å². The largest absolute Gasteiger partial charge is 0.464 e. The van der Waals surface area contributed by atoms with Crippen molar-refractivity contribution in [3.63, 3.8) is 0 Å². The van der Waals surface area contributed by atoms with Crippen LogP contribution in [0.15, 0.2) is 30.3 Å². The van der Waals surface area contributed by atoms with Gasteiger partial charge in [0.25, 0.3) is 0 Å². The van der Waals surface area contributed by atoms with Crippen molar-refractivity contribution in [2.75, 3.05) is 0 Å². The van der Waals surface area contributed by atoms with Gasteiger partial charge in [-0.15, -0.1) is 0 Å². The van der Waals surface area contributed by atoms with Gasteiger partial charge in [-0.05, 0) is 67.7 Å². The molecule has 4 rings (SSSR count). The fourth-order valence-corrected chi connectivity index (χ4v) is 5.27. The molecule has 1 fully saturated rings. The summed E-state index contributed by atoms with van der Waals surface area (Å²) in [6.45, 7) is 4.80. The predicted octanol–water partition coefficient (Wildman–Crippen LogP) is 8.21. The van der Waals surface area contributed by atoms with Gasteiger partial charge in [0, 0.05) is 17.0 Å². The van der Waals surface area contributed by atoms with Crippen molar-refractivity contribution < 1.29 is 18.3 Å². The maximum absolute atomic E-state index is 14.8. The second kappa shape index (κ2) is 10.8. The Hall–Kier alpha value is -1.94. The standard InChI is InChI=1S/C28H36F2O2/c1-3-5-6-8-20-13-15-24(27(30)26(20)29)22-14-16-25-23(17-22)18-31-28(32-25)21-11-9-19(7-4-2)10-12-21/h13-17,19,21,28H,3-12,18H2,1-2H3. The molecule has 0 spiro atoms. The Morgan fingerprint density at radius 1 is 0.906 bits per heavy atom. The van der Waals surface area contributed by atoms with Crippen molar-refractivity contribution >= 4 is 0 Å². The Morgan fingerprint density at radius 3 is 2.47 bits per heavy atom. The molecule has 1 saturated carbocycles. The van der Waals surface area contributed by atoms with E-state index in [0.29, 0.717) is 35.6 Å². The summed E-state index contributed by atoms with van der Waals surface area (Å²) in [5.74, 6) is 0.601. The predicted molar refractivity (Wildman–Crippen MR) is 125 cm³/mol. The molecule has 1 unspecified atom stereocenters. The third-order valence-corrected chi connectivity index (χ3v) is 7.20. The number of hydrogen-bond acceptors (Lipinski definition) is 2. The van der Waals surface area contributed by atoms with Crippen molar-refractivity contribution in [1.29, 1.82) is 0 Å². The van der Waals surface area contributed by atoms with Gasteiger partial charge in [-0.1, -0.05) is 57.7 Å². The van der Waals surface area contributed by atoms with E-state index < -0.39 is 11.6 Å². The van der Waals surface area contributed by atoms with Gasteiger partial charge in [0.1, 0.15) is 5.75 Å². The maximum Gasteiger partial charge on any atom is 0.203 e. The molecule has 2 aromatic rings. The summed E-state index contributed by atoms with van der Waals surface area (Å²) in [4.78, 5) is 0. The summed E-state index contributed by atoms with van der Waals surface area (Å²) >= 11 is 0. The summed E-state index contributed by atoms with van der Waals surface area (Å²) < 4.78 is 41.7. The fraction of sp³-hybridized carbons (Fsp3) is 0.571. The second-order valence-electron chi connectivity index (χ2n) is 9.55. The summed E-state index contributed by atoms with van der Waals surface area (Å²) in [5.41, 5.74) is 2.30. The first kappa shape index (κ1) is 23.2. The molecular formula is C28H36F2O2. The van der Waals surface area contributed by atoms with Crippen LogP contribution in [-0.4, -0.2) is 6.29 Å². The number of rotatable bonds is 8. The maximum atomic E-state index is 14.8. The van der Waals surface area contributed by atoms with Crippen LogP contribution in [0.5, 0.6) is 5.75 Å². The summed E-state index contributed by atoms with van der Waals surface area (Å²) in [6, 6.07) is 9.01. The third-order valence-electron chi connectivity index (χ3n) is 7.20. The SMILES string of the molecule is CCCCCc1ccc(-c2ccc3c(c2)COC(C2CCC(CCC)CC2)O3)c(F)c1F. The van der Waals surface area contributed by atoms with Crippen LogP contribution >= 0.6 is 0 Å². The molecule has 1 aliphatic carbocycles. The molecule has 2 aromatic carbocycles. The van der Waals surface area contributed by atoms with Crippen molar-refractivity contribution in [2.24, 2.45) is 11.8 Å². The highest BCUT2D eigenvalue weighted by atomic mass is 19.2. The molecule has 1 heterocycles. The lowest BCUT2D eigenvalue weighted by Crippen LogP contribution is -2.35. The van der Waals surface area contributed by atoms with Crippen molar-refractivity contribution in [2.45, 2.75) is 91.0 Å². The number of hydrogen-bond donors (Lipinski definition) is 0. The van der Waals surface area contributed by atoms with Crippen LogP contribution in [0.1, 0.15) is 82.8 Å². The summed E-state index contributed by atoms with van der Waals surface area (Å²) in [6.07, 6.45) is 10.7. The number of benzene rings is 2. The molecule has 0 aromatic heterocycles. The highest BCUT2D eigenvalue weighted by Crippen LogP contribution is 2.39. The molecule has 0 amide bonds. The molecule has 2 aliphatic rings. The third kappa shape index (κ3) is 5.17. The van der Waals surface area contributed by atoms with Crippen molar-refractivity contribution in [3.05, 3.63) is 53.1 Å². The van der Waals surface area contributed by atoms with Gasteiger partial charge in [0.2, 0.25) is 6.29 Å². The number of halogens is 2. The number of aryl methyl sites for hydroxylation is 1. The van der Waals surface area contributed by atoms with Crippen LogP contribution in [-0.2, 0) is 17.8 Å². The van der Waals surface area contributed by atoms with Crippen molar-refractivity contribution in [3.8, 4) is 16.9 Å². The zero-order valence-corrected chi connectivity index (χ0v) is 19.5. The Balaban J connectivity index is 1.44. The Bertz CT molecular complexity index is 903. The van der Waals surface area contributed by atoms with Crippen LogP contribution in [0, 0.1) is 23.5 Å². The van der Waals surface area contributed by atoms with E-state index in [1.165, 1.54) is 25.7 Å². The molecule has 0 radical (unpaired) electrons. The van der Waals surface area contributed by atoms with E-state index in [0.717, 1.165) is 49.3 Å². The summed E-state index contributed by atoms with van der Waals surface area (Å²) in [5, 5.41) is 0. The molecular weight excluding hydrogens is 406 g/mol. The van der Waals surface area contributed by atoms with Crippen LogP contribution < -0.4 is 4.74 Å². The lowest BCUT2D eigenvalue weighted by atomic mass is 9.79. The van der Waals surface area contributed by atoms with Crippen LogP contribution in [0.3, 0.4) is 0 Å². The Kier molecular flexibility index (Phi) is 7.83. The first-order valence-corrected chi connectivity index (χ1v) is 12.5. The van der Waals surface area contributed by atoms with Gasteiger partial charge < -0.3 is 9.47 Å². The van der Waals surface area contributed by atoms with Gasteiger partial charge in [-0.25, -0.2) is 8.78 Å². The minimum absolute atomic E-state index is 0.201. The van der Waals surface area contributed by atoms with E-state index in [2.05, 4.69) is 13.8 Å². The molecule has 4 heteroatoms. The Morgan fingerprint density at radius 2 is 1.72 bits per heavy atom. The first-order valence-electron chi connectivity index (χ1n) is 12.5. The first-order chi connectivity index (χ1) is 15.6. The molecule has 0 saturated heterocycles. The van der Waals surface area contributed by atoms with E-state index in [1.54, 1.807) is 12.1 Å². The number of ether oxygens (including phenoxy) is 2. The minimum Gasteiger partial charge on any atom is -0.464 e. The second-order valence-corrected chi connectivity index (χ2v) is 9.55. The van der Waals surface area contributed by atoms with Gasteiger partial charge in [-0.3, -0.25) is 0 Å². The van der Waals surface area contributed by atoms with Crippen molar-refractivity contribution in [1.82, 2.24) is 0 Å². The molecule has 0 N–H and O–H groups in total. The van der Waals surface area contributed by atoms with Gasteiger partial charge in [0.05, 0.1) is 6.61 Å². The van der Waals surface area contributed by atoms with E-state index in [9.17, 15) is 8.78 Å². The lowest BCUT2D eigenvalue weighted by Gasteiger charge is -2.36. The van der Waals surface area contributed by atoms with Crippen LogP contribution in [0.2, 0.25) is 0 Å². The molecule has 1 atom stereocenters. The normalized spacial score (nSPS) is 22.9. The van der Waals surface area contributed by atoms with E-state index >= 15 is 0 Å². The molecule has 2 nitrogen and oxygen atoms in total. The highest BCUT2D eigenvalue weighted by Gasteiger charge is 2.32. The molecule has 32 heavy (non-hydrogen) atoms. The Labute approximate surface area is 191 Å². The number of unbranched alkanes of at least 4 members (excludes halogenated alkanes) is 2. The smallest absolute Gasteiger partial charge is 0.203 e. The van der Waals surface area contributed by atoms with Gasteiger partial charge in [0.15, 0.2) is 11.6 Å². The van der Waals surface area contributed by atoms with Gasteiger partial charge in [-0.2, -0.15) is 0 Å². The van der Waals surface area contributed by atoms with E-state index in [4.69, 9.17) is 9.47 Å². The van der Waals surface area contributed by atoms with Gasteiger partial charge >= 0.3 is 0 Å². The highest BCUT2D eigenvalue weighted by molar-refractivity contribution is 5.67. The zero-order valence-electron chi connectivity index (χ0n) is 19.5. The quantitative estimate of drug-likeness (QED) is 0.384. The van der Waals surface area contributed by atoms with E-state index in [1.807, 2.05) is 18.2 Å². The lowest BCUT2D eigenvalue weighted by molar-refractivity contribution is -0.148. The average molecular weight is 443 g/mol. The molecule has 1 aliphatic heterocycles. The summed E-state index contributed by atoms with van der Waals surface area (Å²) in [7, 11) is 0. The van der Waals surface area contributed by atoms with Crippen LogP contribution in [0.4, 0.5) is 8.78 Å².